The zero-order valence-electron chi connectivity index (χ0n) is 15.4. The number of amides is 2. The van der Waals surface area contributed by atoms with E-state index in [0.717, 1.165) is 12.8 Å². The Morgan fingerprint density at radius 2 is 1.96 bits per heavy atom. The molecule has 2 rings (SSSR count). The van der Waals surface area contributed by atoms with E-state index < -0.39 is 27.5 Å². The second-order valence-electron chi connectivity index (χ2n) is 7.16. The number of rotatable bonds is 6. The van der Waals surface area contributed by atoms with Gasteiger partial charge in [0, 0.05) is 11.6 Å². The molecule has 2 amide bonds. The number of hydrogen-bond donors (Lipinski definition) is 1. The summed E-state index contributed by atoms with van der Waals surface area (Å²) >= 11 is 11.9. The largest absolute Gasteiger partial charge is 0.330 e. The lowest BCUT2D eigenvalue weighted by molar-refractivity contribution is -0.138. The molecule has 0 spiro atoms. The first kappa shape index (κ1) is 22.0. The Labute approximate surface area is 170 Å². The van der Waals surface area contributed by atoms with Crippen LogP contribution in [0.15, 0.2) is 18.2 Å². The van der Waals surface area contributed by atoms with Crippen molar-refractivity contribution in [2.45, 2.75) is 39.2 Å². The van der Waals surface area contributed by atoms with Crippen molar-refractivity contribution >= 4 is 50.5 Å². The Morgan fingerprint density at radius 3 is 2.59 bits per heavy atom. The highest BCUT2D eigenvalue weighted by Gasteiger charge is 2.34. The molecule has 0 bridgehead atoms. The maximum absolute atomic E-state index is 12.7. The molecule has 1 N–H and O–H groups in total. The molecule has 0 aliphatic carbocycles. The van der Waals surface area contributed by atoms with Crippen molar-refractivity contribution in [3.63, 3.8) is 0 Å². The van der Waals surface area contributed by atoms with Gasteiger partial charge in [-0.15, -0.1) is 0 Å². The Morgan fingerprint density at radius 1 is 1.26 bits per heavy atom. The third kappa shape index (κ3) is 6.36. The maximum Gasteiger partial charge on any atom is 0.247 e. The van der Waals surface area contributed by atoms with Crippen molar-refractivity contribution in [3.8, 4) is 0 Å². The van der Waals surface area contributed by atoms with Gasteiger partial charge in [-0.05, 0) is 43.4 Å². The minimum absolute atomic E-state index is 0.0518. The summed E-state index contributed by atoms with van der Waals surface area (Å²) in [6, 6.07) is 3.99. The molecule has 0 saturated carbocycles. The molecular weight excluding hydrogens is 411 g/mol. The maximum atomic E-state index is 12.7. The van der Waals surface area contributed by atoms with Crippen molar-refractivity contribution in [2.24, 2.45) is 5.92 Å². The summed E-state index contributed by atoms with van der Waals surface area (Å²) in [5.74, 6) is -1.60. The van der Waals surface area contributed by atoms with E-state index in [0.29, 0.717) is 28.7 Å². The van der Waals surface area contributed by atoms with Crippen LogP contribution < -0.4 is 5.32 Å². The molecule has 1 atom stereocenters. The number of likely N-dealkylation sites (tertiary alicyclic amines) is 1. The minimum atomic E-state index is -3.51. The molecule has 27 heavy (non-hydrogen) atoms. The SMILES string of the molecule is CC(C)CS(=O)(=O)CC(=O)N1CCCCC1C(=O)Nc1ccc(Cl)cc1Cl. The summed E-state index contributed by atoms with van der Waals surface area (Å²) in [6.07, 6.45) is 2.00. The molecule has 1 unspecified atom stereocenters. The zero-order chi connectivity index (χ0) is 20.2. The number of sulfone groups is 1. The van der Waals surface area contributed by atoms with Crippen molar-refractivity contribution in [1.82, 2.24) is 4.90 Å². The molecule has 1 aromatic rings. The van der Waals surface area contributed by atoms with Crippen LogP contribution in [0, 0.1) is 5.92 Å². The van der Waals surface area contributed by atoms with Crippen LogP contribution in [-0.4, -0.2) is 49.2 Å². The first-order chi connectivity index (χ1) is 12.6. The molecule has 1 aromatic carbocycles. The lowest BCUT2D eigenvalue weighted by Crippen LogP contribution is -2.51. The van der Waals surface area contributed by atoms with Gasteiger partial charge in [0.05, 0.1) is 16.5 Å². The van der Waals surface area contributed by atoms with Crippen molar-refractivity contribution in [2.75, 3.05) is 23.4 Å². The Bertz CT molecular complexity index is 812. The number of hydrogen-bond acceptors (Lipinski definition) is 4. The summed E-state index contributed by atoms with van der Waals surface area (Å²) < 4.78 is 24.3. The fraction of sp³-hybridized carbons (Fsp3) is 0.556. The number of piperidine rings is 1. The first-order valence-electron chi connectivity index (χ1n) is 8.85. The van der Waals surface area contributed by atoms with Gasteiger partial charge in [-0.25, -0.2) is 8.42 Å². The van der Waals surface area contributed by atoms with Gasteiger partial charge < -0.3 is 10.2 Å². The summed E-state index contributed by atoms with van der Waals surface area (Å²) in [5, 5.41) is 3.46. The first-order valence-corrected chi connectivity index (χ1v) is 11.4. The van der Waals surface area contributed by atoms with E-state index in [9.17, 15) is 18.0 Å². The van der Waals surface area contributed by atoms with Gasteiger partial charge in [0.15, 0.2) is 9.84 Å². The second kappa shape index (κ2) is 9.26. The van der Waals surface area contributed by atoms with Crippen LogP contribution in [-0.2, 0) is 19.4 Å². The lowest BCUT2D eigenvalue weighted by atomic mass is 10.0. The fourth-order valence-electron chi connectivity index (χ4n) is 3.15. The van der Waals surface area contributed by atoms with Crippen LogP contribution in [0.25, 0.3) is 0 Å². The Hall–Kier alpha value is -1.31. The predicted molar refractivity (Wildman–Crippen MR) is 108 cm³/mol. The van der Waals surface area contributed by atoms with E-state index >= 15 is 0 Å². The topological polar surface area (TPSA) is 83.6 Å². The molecule has 1 aliphatic rings. The number of halogens is 2. The van der Waals surface area contributed by atoms with E-state index in [4.69, 9.17) is 23.2 Å². The summed E-state index contributed by atoms with van der Waals surface area (Å²) in [7, 11) is -3.51. The number of carbonyl (C=O) groups excluding carboxylic acids is 2. The van der Waals surface area contributed by atoms with E-state index in [1.807, 2.05) is 0 Å². The molecule has 150 valence electrons. The van der Waals surface area contributed by atoms with Crippen molar-refractivity contribution in [3.05, 3.63) is 28.2 Å². The number of nitrogens with zero attached hydrogens (tertiary/aromatic N) is 1. The molecular formula is C18H24Cl2N2O4S. The summed E-state index contributed by atoms with van der Waals surface area (Å²) in [5.41, 5.74) is 0.400. The van der Waals surface area contributed by atoms with Crippen LogP contribution in [0.4, 0.5) is 5.69 Å². The number of carbonyl (C=O) groups is 2. The standard InChI is InChI=1S/C18H24Cl2N2O4S/c1-12(2)10-27(25,26)11-17(23)22-8-4-3-5-16(22)18(24)21-15-7-6-13(19)9-14(15)20/h6-7,9,12,16H,3-5,8,10-11H2,1-2H3,(H,21,24). The normalized spacial score (nSPS) is 17.8. The molecule has 0 radical (unpaired) electrons. The quantitative estimate of drug-likeness (QED) is 0.743. The third-order valence-electron chi connectivity index (χ3n) is 4.25. The number of benzene rings is 1. The van der Waals surface area contributed by atoms with Gasteiger partial charge in [0.2, 0.25) is 11.8 Å². The number of nitrogens with one attached hydrogen (secondary N) is 1. The van der Waals surface area contributed by atoms with Gasteiger partial charge in [-0.3, -0.25) is 9.59 Å². The van der Waals surface area contributed by atoms with Gasteiger partial charge >= 0.3 is 0 Å². The molecule has 0 aromatic heterocycles. The van der Waals surface area contributed by atoms with E-state index in [2.05, 4.69) is 5.32 Å². The molecule has 9 heteroatoms. The van der Waals surface area contributed by atoms with E-state index in [1.54, 1.807) is 26.0 Å². The fourth-order valence-corrected chi connectivity index (χ4v) is 5.28. The van der Waals surface area contributed by atoms with Crippen molar-refractivity contribution < 1.29 is 18.0 Å². The summed E-state index contributed by atoms with van der Waals surface area (Å²) in [6.45, 7) is 3.94. The molecule has 6 nitrogen and oxygen atoms in total. The van der Waals surface area contributed by atoms with Crippen LogP contribution in [0.3, 0.4) is 0 Å². The van der Waals surface area contributed by atoms with Gasteiger partial charge in [-0.2, -0.15) is 0 Å². The monoisotopic (exact) mass is 434 g/mol. The van der Waals surface area contributed by atoms with Crippen LogP contribution in [0.5, 0.6) is 0 Å². The Balaban J connectivity index is 2.11. The summed E-state index contributed by atoms with van der Waals surface area (Å²) in [4.78, 5) is 26.7. The smallest absolute Gasteiger partial charge is 0.247 e. The highest BCUT2D eigenvalue weighted by atomic mass is 35.5. The van der Waals surface area contributed by atoms with Crippen molar-refractivity contribution in [1.29, 1.82) is 0 Å². The second-order valence-corrected chi connectivity index (χ2v) is 10.1. The van der Waals surface area contributed by atoms with E-state index in [-0.39, 0.29) is 17.6 Å². The Kier molecular flexibility index (Phi) is 7.54. The zero-order valence-corrected chi connectivity index (χ0v) is 17.7. The minimum Gasteiger partial charge on any atom is -0.330 e. The third-order valence-corrected chi connectivity index (χ3v) is 6.65. The highest BCUT2D eigenvalue weighted by Crippen LogP contribution is 2.27. The van der Waals surface area contributed by atoms with Crippen LogP contribution >= 0.6 is 23.2 Å². The van der Waals surface area contributed by atoms with Gasteiger partial charge in [0.25, 0.3) is 0 Å². The highest BCUT2D eigenvalue weighted by molar-refractivity contribution is 7.92. The van der Waals surface area contributed by atoms with Gasteiger partial charge in [-0.1, -0.05) is 37.0 Å². The molecule has 1 saturated heterocycles. The molecule has 1 fully saturated rings. The van der Waals surface area contributed by atoms with Gasteiger partial charge in [0.1, 0.15) is 11.8 Å². The van der Waals surface area contributed by atoms with Crippen LogP contribution in [0.2, 0.25) is 10.0 Å². The lowest BCUT2D eigenvalue weighted by Gasteiger charge is -2.34. The average Bonchev–Trinajstić information content (AvgIpc) is 2.55. The number of anilines is 1. The van der Waals surface area contributed by atoms with Crippen LogP contribution in [0.1, 0.15) is 33.1 Å². The average molecular weight is 435 g/mol. The molecule has 1 heterocycles. The predicted octanol–water partition coefficient (Wildman–Crippen LogP) is 3.38. The molecule has 1 aliphatic heterocycles. The van der Waals surface area contributed by atoms with E-state index in [1.165, 1.54) is 11.0 Å².